The zero-order valence-corrected chi connectivity index (χ0v) is 37.0. The monoisotopic (exact) mass is 1010 g/mol. The molecule has 0 unspecified atom stereocenters. The van der Waals surface area contributed by atoms with Gasteiger partial charge in [0.05, 0.1) is 19.5 Å². The fourth-order valence-corrected chi connectivity index (χ4v) is 9.42. The van der Waals surface area contributed by atoms with Crippen LogP contribution >= 0.6 is 86.4 Å². The van der Waals surface area contributed by atoms with Gasteiger partial charge in [0, 0.05) is 29.9 Å². The number of aliphatic carboxylic acids is 2. The van der Waals surface area contributed by atoms with Crippen LogP contribution in [-0.4, -0.2) is 48.2 Å². The van der Waals surface area contributed by atoms with Gasteiger partial charge in [-0.15, -0.1) is 22.7 Å². The predicted molar refractivity (Wildman–Crippen MR) is 226 cm³/mol. The Morgan fingerprint density at radius 2 is 0.830 bits per heavy atom. The van der Waals surface area contributed by atoms with Crippen LogP contribution in [0.25, 0.3) is 20.1 Å². The molecule has 0 aliphatic carbocycles. The predicted octanol–water partition coefficient (Wildman–Crippen LogP) is 9.52. The summed E-state index contributed by atoms with van der Waals surface area (Å²) in [5, 5.41) is 21.1. The van der Waals surface area contributed by atoms with Crippen molar-refractivity contribution in [1.29, 1.82) is 0 Å². The number of rotatable bonds is 12. The first kappa shape index (κ1) is 42.7. The number of thiophene rings is 2. The van der Waals surface area contributed by atoms with Gasteiger partial charge in [-0.3, -0.25) is 0 Å². The molecule has 4 aromatic carbocycles. The van der Waals surface area contributed by atoms with Gasteiger partial charge >= 0.3 is 23.1 Å². The van der Waals surface area contributed by atoms with E-state index in [9.17, 15) is 19.8 Å². The van der Waals surface area contributed by atoms with Gasteiger partial charge in [-0.2, -0.15) is 0 Å². The van der Waals surface area contributed by atoms with Crippen LogP contribution in [0, 0.1) is 0 Å². The van der Waals surface area contributed by atoms with Gasteiger partial charge in [0.2, 0.25) is 0 Å². The molecule has 0 saturated heterocycles. The van der Waals surface area contributed by atoms with Crippen molar-refractivity contribution in [2.24, 2.45) is 0 Å². The number of carbonyl (C=O) groups is 2. The second-order valence-corrected chi connectivity index (χ2v) is 17.2. The van der Waals surface area contributed by atoms with Crippen LogP contribution in [0.5, 0.6) is 11.5 Å². The van der Waals surface area contributed by atoms with Gasteiger partial charge in [0.1, 0.15) is 24.7 Å². The molecule has 0 amide bonds. The summed E-state index contributed by atoms with van der Waals surface area (Å²) in [5.74, 6) is -1.52. The molecule has 264 valence electrons. The van der Waals surface area contributed by atoms with Crippen LogP contribution < -0.4 is 19.7 Å². The van der Waals surface area contributed by atoms with Crippen LogP contribution in [0.15, 0.2) is 141 Å². The average molecular weight is 1010 g/mol. The van der Waals surface area contributed by atoms with Gasteiger partial charge < -0.3 is 29.3 Å². The summed E-state index contributed by atoms with van der Waals surface area (Å²) < 4.78 is 14.4. The van der Waals surface area contributed by atoms with Crippen molar-refractivity contribution in [3.8, 4) is 11.5 Å². The first-order valence-electron chi connectivity index (χ1n) is 15.4. The molecule has 0 spiro atoms. The summed E-state index contributed by atoms with van der Waals surface area (Å²) in [4.78, 5) is 23.3. The maximum absolute atomic E-state index is 10.5. The Morgan fingerprint density at radius 1 is 0.491 bits per heavy atom. The fourth-order valence-electron chi connectivity index (χ4n) is 4.83. The van der Waals surface area contributed by atoms with E-state index in [1.165, 1.54) is 0 Å². The molecule has 2 heterocycles. The normalized spacial score (nSPS) is 11.5. The Labute approximate surface area is 364 Å². The third-order valence-corrected chi connectivity index (χ3v) is 12.1. The molecule has 6 nitrogen and oxygen atoms in total. The standard InChI is InChI=1S/2C20H14Br2O3S.Mg/c2*21-17-11-10-16(26-17)19(20(22)14-4-2-1-3-5-14)13-6-8-15(9-7-13)25-12-18(23)24;/h2*1-11H,12H2,(H,23,24);/q;;+2/p-2. The Bertz CT molecular complexity index is 2030. The van der Waals surface area contributed by atoms with Crippen molar-refractivity contribution in [2.45, 2.75) is 0 Å². The zero-order valence-electron chi connectivity index (χ0n) is 27.6. The fraction of sp³-hybridized carbons (Fsp3) is 0.0500. The molecule has 53 heavy (non-hydrogen) atoms. The summed E-state index contributed by atoms with van der Waals surface area (Å²) in [6, 6.07) is 43.0. The molecule has 0 atom stereocenters. The number of benzene rings is 4. The van der Waals surface area contributed by atoms with E-state index in [0.717, 1.165) is 59.7 Å². The third-order valence-electron chi connectivity index (χ3n) is 7.13. The number of halogens is 4. The third kappa shape index (κ3) is 12.5. The van der Waals surface area contributed by atoms with Crippen molar-refractivity contribution in [1.82, 2.24) is 0 Å². The van der Waals surface area contributed by atoms with Gasteiger partial charge in [-0.05, 0) is 135 Å². The number of carboxylic acids is 2. The molecule has 0 radical (unpaired) electrons. The van der Waals surface area contributed by atoms with Crippen molar-refractivity contribution in [3.05, 3.63) is 173 Å². The maximum Gasteiger partial charge on any atom is 2.00 e. The van der Waals surface area contributed by atoms with E-state index in [2.05, 4.69) is 75.9 Å². The first-order chi connectivity index (χ1) is 25.1. The number of carboxylic acid groups (broad SMARTS) is 2. The second kappa shape index (κ2) is 21.2. The molecule has 0 fully saturated rings. The smallest absolute Gasteiger partial charge is 0.546 e. The molecular formula is C40H26Br4MgO6S2. The van der Waals surface area contributed by atoms with Gasteiger partial charge in [0.25, 0.3) is 0 Å². The average Bonchev–Trinajstić information content (AvgIpc) is 3.79. The number of hydrogen-bond acceptors (Lipinski definition) is 8. The summed E-state index contributed by atoms with van der Waals surface area (Å²) in [5.41, 5.74) is 6.25. The molecule has 0 N–H and O–H groups in total. The second-order valence-electron chi connectivity index (χ2n) is 10.7. The first-order valence-corrected chi connectivity index (χ1v) is 20.2. The van der Waals surface area contributed by atoms with Gasteiger partial charge in [-0.1, -0.05) is 84.9 Å². The Kier molecular flexibility index (Phi) is 17.1. The largest absolute Gasteiger partial charge is 2.00 e. The summed E-state index contributed by atoms with van der Waals surface area (Å²) in [6.07, 6.45) is 0. The van der Waals surface area contributed by atoms with Gasteiger partial charge in [0.15, 0.2) is 0 Å². The molecule has 0 aliphatic rings. The van der Waals surface area contributed by atoms with Crippen LogP contribution in [0.2, 0.25) is 0 Å². The summed E-state index contributed by atoms with van der Waals surface area (Å²) >= 11 is 17.8. The minimum Gasteiger partial charge on any atom is -0.546 e. The van der Waals surface area contributed by atoms with Crippen LogP contribution in [0.3, 0.4) is 0 Å². The Balaban J connectivity index is 0.000000232. The molecule has 2 aromatic heterocycles. The summed E-state index contributed by atoms with van der Waals surface area (Å²) in [7, 11) is 0. The molecule has 0 saturated carbocycles. The van der Waals surface area contributed by atoms with E-state index in [4.69, 9.17) is 9.47 Å². The molecule has 13 heteroatoms. The maximum atomic E-state index is 10.5. The molecule has 6 rings (SSSR count). The SMILES string of the molecule is O=C([O-])COc1ccc(C(=C(Br)c2ccccc2)c2ccc(Br)s2)cc1.O=C([O-])COc1ccc(C(=C(Br)c2ccccc2)c2ccc(Br)s2)cc1.[Mg+2]. The molecule has 0 aliphatic heterocycles. The zero-order chi connectivity index (χ0) is 37.0. The van der Waals surface area contributed by atoms with Crippen LogP contribution in [-0.2, 0) is 9.59 Å². The van der Waals surface area contributed by atoms with E-state index in [-0.39, 0.29) is 23.1 Å². The van der Waals surface area contributed by atoms with E-state index in [1.54, 1.807) is 46.9 Å². The van der Waals surface area contributed by atoms with Crippen LogP contribution in [0.4, 0.5) is 0 Å². The number of hydrogen-bond donors (Lipinski definition) is 0. The Hall–Kier alpha value is -3.01. The van der Waals surface area contributed by atoms with E-state index < -0.39 is 25.2 Å². The number of ether oxygens (including phenoxy) is 2. The van der Waals surface area contributed by atoms with E-state index in [1.807, 2.05) is 97.1 Å². The minimum absolute atomic E-state index is 0. The van der Waals surface area contributed by atoms with Crippen molar-refractivity contribution < 1.29 is 29.3 Å². The van der Waals surface area contributed by atoms with Crippen molar-refractivity contribution >= 4 is 141 Å². The topological polar surface area (TPSA) is 98.7 Å². The van der Waals surface area contributed by atoms with Crippen molar-refractivity contribution in [3.63, 3.8) is 0 Å². The number of carbonyl (C=O) groups excluding carboxylic acids is 2. The van der Waals surface area contributed by atoms with Crippen LogP contribution in [0.1, 0.15) is 32.0 Å². The molecule has 0 bridgehead atoms. The summed E-state index contributed by atoms with van der Waals surface area (Å²) in [6.45, 7) is -0.929. The van der Waals surface area contributed by atoms with Crippen molar-refractivity contribution in [2.75, 3.05) is 13.2 Å². The van der Waals surface area contributed by atoms with E-state index in [0.29, 0.717) is 11.5 Å². The Morgan fingerprint density at radius 3 is 1.11 bits per heavy atom. The minimum atomic E-state index is -1.25. The molecule has 6 aromatic rings. The van der Waals surface area contributed by atoms with E-state index >= 15 is 0 Å². The quantitative estimate of drug-likeness (QED) is 0.0896. The van der Waals surface area contributed by atoms with Gasteiger partial charge in [-0.25, -0.2) is 0 Å². The molecular weight excluding hydrogens is 984 g/mol.